The minimum Gasteiger partial charge on any atom is -0.508 e. The van der Waals surface area contributed by atoms with Crippen molar-refractivity contribution in [1.82, 2.24) is 15.1 Å². The van der Waals surface area contributed by atoms with Crippen molar-refractivity contribution in [1.29, 1.82) is 0 Å². The third-order valence-electron chi connectivity index (χ3n) is 8.80. The lowest BCUT2D eigenvalue weighted by molar-refractivity contribution is -0.153. The summed E-state index contributed by atoms with van der Waals surface area (Å²) in [6.45, 7) is 2.65. The summed E-state index contributed by atoms with van der Waals surface area (Å²) in [5, 5.41) is 47.5. The van der Waals surface area contributed by atoms with E-state index in [0.29, 0.717) is 19.5 Å². The average Bonchev–Trinajstić information content (AvgIpc) is 3.29. The summed E-state index contributed by atoms with van der Waals surface area (Å²) in [6.07, 6.45) is 0.432. The van der Waals surface area contributed by atoms with Crippen molar-refractivity contribution < 1.29 is 44.0 Å². The van der Waals surface area contributed by atoms with E-state index in [1.165, 1.54) is 32.0 Å². The molecule has 4 aliphatic rings. The summed E-state index contributed by atoms with van der Waals surface area (Å²) in [5.74, 6) is -8.64. The Bertz CT molecular complexity index is 1450. The van der Waals surface area contributed by atoms with E-state index < -0.39 is 69.6 Å². The minimum atomic E-state index is -2.75. The Kier molecular flexibility index (Phi) is 6.95. The lowest BCUT2D eigenvalue weighted by Crippen LogP contribution is -2.65. The summed E-state index contributed by atoms with van der Waals surface area (Å²) in [4.78, 5) is 53.8. The number of amides is 2. The van der Waals surface area contributed by atoms with Crippen molar-refractivity contribution in [3.8, 4) is 5.75 Å². The van der Waals surface area contributed by atoms with Crippen LogP contribution in [0.5, 0.6) is 5.75 Å². The van der Waals surface area contributed by atoms with Crippen LogP contribution in [0.15, 0.2) is 23.0 Å². The number of halogens is 1. The molecule has 0 spiro atoms. The van der Waals surface area contributed by atoms with Crippen LogP contribution in [0, 0.1) is 17.7 Å². The number of hydrogen-bond donors (Lipinski definition) is 6. The maximum absolute atomic E-state index is 16.0. The van der Waals surface area contributed by atoms with Gasteiger partial charge in [0.15, 0.2) is 11.4 Å². The number of carbonyl (C=O) groups excluding carboxylic acids is 4. The molecule has 1 aliphatic heterocycles. The summed E-state index contributed by atoms with van der Waals surface area (Å²) >= 11 is 0. The zero-order chi connectivity index (χ0) is 30.1. The zero-order valence-electron chi connectivity index (χ0n) is 22.9. The van der Waals surface area contributed by atoms with Crippen LogP contribution in [-0.2, 0) is 32.1 Å². The number of aliphatic hydroxyl groups is 3. The number of ketones is 2. The number of nitrogens with zero attached hydrogens (tertiary/aromatic N) is 2. The second kappa shape index (κ2) is 9.93. The summed E-state index contributed by atoms with van der Waals surface area (Å²) in [7, 11) is 3.01. The van der Waals surface area contributed by atoms with Gasteiger partial charge in [-0.2, -0.15) is 0 Å². The Hall–Kier alpha value is -3.81. The van der Waals surface area contributed by atoms with Crippen LogP contribution in [0.25, 0.3) is 5.76 Å². The van der Waals surface area contributed by atoms with Crippen molar-refractivity contribution in [2.24, 2.45) is 17.6 Å². The monoisotopic (exact) mass is 572 g/mol. The maximum Gasteiger partial charge on any atom is 0.255 e. The van der Waals surface area contributed by atoms with Gasteiger partial charge in [0.25, 0.3) is 5.91 Å². The number of nitrogens with one attached hydrogen (secondary N) is 1. The highest BCUT2D eigenvalue weighted by molar-refractivity contribution is 6.24. The number of aromatic hydroxyl groups is 1. The minimum absolute atomic E-state index is 0.0109. The first-order valence-corrected chi connectivity index (χ1v) is 13.4. The van der Waals surface area contributed by atoms with Crippen LogP contribution in [0.2, 0.25) is 0 Å². The summed E-state index contributed by atoms with van der Waals surface area (Å²) in [6, 6.07) is -0.124. The highest BCUT2D eigenvalue weighted by Crippen LogP contribution is 2.53. The number of hydrogen-bond acceptors (Lipinski definition) is 10. The molecule has 1 heterocycles. The van der Waals surface area contributed by atoms with Crippen molar-refractivity contribution in [3.05, 3.63) is 45.5 Å². The number of rotatable bonds is 5. The number of Topliss-reactive ketones (excluding diaryl/α,β-unsaturated/α-hetero) is 2. The van der Waals surface area contributed by atoms with E-state index in [1.807, 2.05) is 4.90 Å². The quantitative estimate of drug-likeness (QED) is 0.258. The fourth-order valence-electron chi connectivity index (χ4n) is 7.08. The van der Waals surface area contributed by atoms with E-state index in [9.17, 15) is 39.6 Å². The van der Waals surface area contributed by atoms with Crippen molar-refractivity contribution in [2.75, 3.05) is 27.2 Å². The number of likely N-dealkylation sites (N-methyl/N-ethyl adjacent to an activating group) is 1. The number of aliphatic hydroxyl groups excluding tert-OH is 2. The van der Waals surface area contributed by atoms with E-state index in [0.717, 1.165) is 0 Å². The molecule has 0 bridgehead atoms. The molecule has 3 aliphatic carbocycles. The molecule has 12 nitrogen and oxygen atoms in total. The van der Waals surface area contributed by atoms with E-state index in [1.54, 1.807) is 0 Å². The summed E-state index contributed by atoms with van der Waals surface area (Å²) in [5.41, 5.74) is 1.21. The number of phenolic OH excluding ortho intramolecular Hbond substituents is 1. The molecule has 5 rings (SSSR count). The Morgan fingerprint density at radius 3 is 2.54 bits per heavy atom. The fraction of sp³-hybridized carbons (Fsp3) is 0.500. The third kappa shape index (κ3) is 4.30. The summed E-state index contributed by atoms with van der Waals surface area (Å²) < 4.78 is 16.0. The van der Waals surface area contributed by atoms with E-state index in [2.05, 4.69) is 5.32 Å². The number of carbonyl (C=O) groups is 4. The Morgan fingerprint density at radius 1 is 1.24 bits per heavy atom. The zero-order valence-corrected chi connectivity index (χ0v) is 22.9. The van der Waals surface area contributed by atoms with Gasteiger partial charge in [-0.1, -0.05) is 0 Å². The van der Waals surface area contributed by atoms with E-state index in [-0.39, 0.29) is 53.6 Å². The van der Waals surface area contributed by atoms with Gasteiger partial charge >= 0.3 is 0 Å². The Balaban J connectivity index is 1.56. The molecular weight excluding hydrogens is 539 g/mol. The molecule has 220 valence electrons. The number of nitrogens with two attached hydrogens (primary N) is 1. The van der Waals surface area contributed by atoms with Crippen LogP contribution in [-0.4, -0.2) is 98.5 Å². The van der Waals surface area contributed by atoms with Crippen LogP contribution in [0.4, 0.5) is 4.39 Å². The predicted molar refractivity (Wildman–Crippen MR) is 142 cm³/mol. The average molecular weight is 573 g/mol. The largest absolute Gasteiger partial charge is 0.508 e. The van der Waals surface area contributed by atoms with Crippen molar-refractivity contribution in [3.63, 3.8) is 0 Å². The molecule has 2 amide bonds. The van der Waals surface area contributed by atoms with E-state index in [4.69, 9.17) is 5.73 Å². The van der Waals surface area contributed by atoms with Crippen molar-refractivity contribution in [2.45, 2.75) is 50.4 Å². The van der Waals surface area contributed by atoms with E-state index >= 15 is 4.39 Å². The lowest BCUT2D eigenvalue weighted by atomic mass is 9.57. The molecule has 0 radical (unpaired) electrons. The molecule has 7 N–H and O–H groups in total. The second-order valence-corrected chi connectivity index (χ2v) is 11.6. The standard InChI is InChI=1S/C28H33FN4O8/c1-11(34)31-14-4-5-33(10-14)9-13-8-17(35)19-15(21(13)29)6-12-7-16-22(32(2)3)24(37)20(27(30)40)26(39)28(16,41)25(38)18(12)23(19)36/h8,12,14,16,22,35-36,39,41H,4-7,9-10H2,1-3H3,(H2,30,40)(H,31,34)/t12-,14-,16-,22-,28-/m0/s1. The molecule has 1 saturated carbocycles. The molecule has 0 aromatic heterocycles. The highest BCUT2D eigenvalue weighted by Gasteiger charge is 2.64. The molecule has 0 unspecified atom stereocenters. The molecule has 1 aromatic rings. The van der Waals surface area contributed by atoms with Gasteiger partial charge in [-0.15, -0.1) is 0 Å². The van der Waals surface area contributed by atoms with Gasteiger partial charge in [0.2, 0.25) is 11.7 Å². The molecule has 13 heteroatoms. The van der Waals surface area contributed by atoms with Gasteiger partial charge < -0.3 is 31.5 Å². The SMILES string of the molecule is CC(=O)N[C@H]1CCN(Cc2cc(O)c3c(c2F)C[C@H]2C[C@H]4[C@H](N(C)C)C(=O)C(C(N)=O)=C(O)[C@@]4(O)C(=O)C2=C3O)C1. The number of likely N-dealkylation sites (tertiary alicyclic amines) is 1. The van der Waals surface area contributed by atoms with Gasteiger partial charge in [0.1, 0.15) is 28.7 Å². The number of benzene rings is 1. The number of fused-ring (bicyclic) bond motifs is 3. The van der Waals surface area contributed by atoms with Crippen LogP contribution in [0.1, 0.15) is 36.5 Å². The third-order valence-corrected chi connectivity index (χ3v) is 8.80. The maximum atomic E-state index is 16.0. The normalized spacial score (nSPS) is 29.9. The highest BCUT2D eigenvalue weighted by atomic mass is 19.1. The first-order chi connectivity index (χ1) is 19.2. The Labute approximate surface area is 234 Å². The van der Waals surface area contributed by atoms with Gasteiger partial charge in [0.05, 0.1) is 11.6 Å². The molecule has 1 saturated heterocycles. The molecular formula is C28H33FN4O8. The van der Waals surface area contributed by atoms with Crippen LogP contribution >= 0.6 is 0 Å². The number of primary amides is 1. The fourth-order valence-corrected chi connectivity index (χ4v) is 7.08. The van der Waals surface area contributed by atoms with Crippen LogP contribution < -0.4 is 11.1 Å². The molecule has 1 aromatic carbocycles. The van der Waals surface area contributed by atoms with Crippen LogP contribution in [0.3, 0.4) is 0 Å². The van der Waals surface area contributed by atoms with Gasteiger partial charge in [-0.25, -0.2) is 4.39 Å². The molecule has 5 atom stereocenters. The molecule has 2 fully saturated rings. The Morgan fingerprint density at radius 2 is 1.93 bits per heavy atom. The first kappa shape index (κ1) is 28.7. The number of phenols is 1. The van der Waals surface area contributed by atoms with Gasteiger partial charge in [0, 0.05) is 55.2 Å². The predicted octanol–water partition coefficient (Wildman–Crippen LogP) is -0.186. The van der Waals surface area contributed by atoms with Gasteiger partial charge in [-0.3, -0.25) is 29.0 Å². The van der Waals surface area contributed by atoms with Crippen molar-refractivity contribution >= 4 is 29.1 Å². The smallest absolute Gasteiger partial charge is 0.255 e. The molecule has 41 heavy (non-hydrogen) atoms. The second-order valence-electron chi connectivity index (χ2n) is 11.6. The first-order valence-electron chi connectivity index (χ1n) is 13.4. The van der Waals surface area contributed by atoms with Gasteiger partial charge in [-0.05, 0) is 45.3 Å². The lowest BCUT2D eigenvalue weighted by Gasteiger charge is -2.50. The topological polar surface area (TPSA) is 194 Å².